The highest BCUT2D eigenvalue weighted by Gasteiger charge is 2.16. The number of nitrogens with one attached hydrogen (secondary N) is 1. The average Bonchev–Trinajstić information content (AvgIpc) is 2.47. The summed E-state index contributed by atoms with van der Waals surface area (Å²) in [6.07, 6.45) is 10.9. The molecule has 1 atom stereocenters. The Kier molecular flexibility index (Phi) is 2.85. The molecule has 0 aromatic heterocycles. The zero-order chi connectivity index (χ0) is 13.2. The monoisotopic (exact) mass is 249 g/mol. The summed E-state index contributed by atoms with van der Waals surface area (Å²) in [5.41, 5.74) is 11.2. The zero-order valence-corrected chi connectivity index (χ0v) is 10.6. The van der Waals surface area contributed by atoms with E-state index in [-0.39, 0.29) is 5.92 Å². The first-order valence-corrected chi connectivity index (χ1v) is 6.38. The van der Waals surface area contributed by atoms with E-state index < -0.39 is 0 Å². The molecule has 1 aliphatic heterocycles. The molecule has 0 saturated heterocycles. The van der Waals surface area contributed by atoms with E-state index in [4.69, 9.17) is 11.0 Å². The lowest BCUT2D eigenvalue weighted by atomic mass is 9.87. The third kappa shape index (κ3) is 2.13. The number of nitriles is 1. The molecule has 1 aromatic carbocycles. The van der Waals surface area contributed by atoms with Crippen molar-refractivity contribution >= 4 is 11.8 Å². The van der Waals surface area contributed by atoms with Gasteiger partial charge in [-0.25, -0.2) is 0 Å². The van der Waals surface area contributed by atoms with Crippen LogP contribution in [0.15, 0.2) is 42.1 Å². The first kappa shape index (κ1) is 11.6. The molecule has 19 heavy (non-hydrogen) atoms. The molecule has 0 amide bonds. The van der Waals surface area contributed by atoms with E-state index in [1.54, 1.807) is 0 Å². The Morgan fingerprint density at radius 2 is 2.21 bits per heavy atom. The molecular formula is C16H15N3. The quantitative estimate of drug-likeness (QED) is 0.752. The first-order chi connectivity index (χ1) is 9.28. The third-order valence-corrected chi connectivity index (χ3v) is 3.63. The lowest BCUT2D eigenvalue weighted by Crippen LogP contribution is -2.13. The van der Waals surface area contributed by atoms with Gasteiger partial charge in [0.15, 0.2) is 0 Å². The van der Waals surface area contributed by atoms with Crippen molar-refractivity contribution in [2.45, 2.75) is 18.9 Å². The maximum Gasteiger partial charge on any atom is 0.0988 e. The summed E-state index contributed by atoms with van der Waals surface area (Å²) < 4.78 is 0. The molecule has 3 nitrogen and oxygen atoms in total. The number of rotatable bonds is 1. The van der Waals surface area contributed by atoms with Crippen molar-refractivity contribution in [1.29, 1.82) is 5.26 Å². The molecule has 3 rings (SSSR count). The van der Waals surface area contributed by atoms with Crippen LogP contribution in [0, 0.1) is 11.3 Å². The summed E-state index contributed by atoms with van der Waals surface area (Å²) in [4.78, 5) is 0. The van der Waals surface area contributed by atoms with Crippen LogP contribution in [0.5, 0.6) is 0 Å². The molecule has 94 valence electrons. The Hall–Kier alpha value is -2.47. The minimum Gasteiger partial charge on any atom is -0.398 e. The minimum atomic E-state index is 0.246. The molecule has 1 aromatic rings. The standard InChI is InChI=1S/C16H15N3/c17-9-11-2-1-3-12(6-11)14-7-13-4-5-19-10-15(13)16(18)8-14/h1-2,4-8,12,19H,3,10,18H2. The predicted molar refractivity (Wildman–Crippen MR) is 76.9 cm³/mol. The number of benzene rings is 1. The summed E-state index contributed by atoms with van der Waals surface area (Å²) in [6, 6.07) is 6.42. The topological polar surface area (TPSA) is 61.8 Å². The summed E-state index contributed by atoms with van der Waals surface area (Å²) in [5.74, 6) is 0.246. The Morgan fingerprint density at radius 1 is 1.32 bits per heavy atom. The average molecular weight is 249 g/mol. The van der Waals surface area contributed by atoms with Crippen molar-refractivity contribution in [3.05, 3.63) is 58.8 Å². The van der Waals surface area contributed by atoms with Crippen LogP contribution < -0.4 is 11.1 Å². The van der Waals surface area contributed by atoms with Crippen LogP contribution in [0.3, 0.4) is 0 Å². The van der Waals surface area contributed by atoms with E-state index >= 15 is 0 Å². The van der Waals surface area contributed by atoms with Gasteiger partial charge in [0, 0.05) is 29.3 Å². The molecule has 0 fully saturated rings. The Labute approximate surface area is 112 Å². The number of anilines is 1. The van der Waals surface area contributed by atoms with Gasteiger partial charge in [-0.3, -0.25) is 0 Å². The molecule has 0 bridgehead atoms. The van der Waals surface area contributed by atoms with Gasteiger partial charge >= 0.3 is 0 Å². The second-order valence-corrected chi connectivity index (χ2v) is 4.87. The van der Waals surface area contributed by atoms with E-state index in [0.29, 0.717) is 0 Å². The summed E-state index contributed by atoms with van der Waals surface area (Å²) >= 11 is 0. The number of hydrogen-bond acceptors (Lipinski definition) is 3. The normalized spacial score (nSPS) is 20.2. The number of nitrogens with zero attached hydrogens (tertiary/aromatic N) is 1. The van der Waals surface area contributed by atoms with Crippen molar-refractivity contribution in [2.24, 2.45) is 0 Å². The fraction of sp³-hybridized carbons (Fsp3) is 0.188. The molecule has 2 aliphatic rings. The number of allylic oxidation sites excluding steroid dienone is 4. The zero-order valence-electron chi connectivity index (χ0n) is 10.6. The molecular weight excluding hydrogens is 234 g/mol. The van der Waals surface area contributed by atoms with Gasteiger partial charge in [-0.2, -0.15) is 5.26 Å². The molecule has 0 spiro atoms. The van der Waals surface area contributed by atoms with Gasteiger partial charge in [-0.05, 0) is 42.0 Å². The van der Waals surface area contributed by atoms with Crippen LogP contribution >= 0.6 is 0 Å². The van der Waals surface area contributed by atoms with E-state index in [2.05, 4.69) is 23.5 Å². The molecule has 3 N–H and O–H groups in total. The van der Waals surface area contributed by atoms with Crippen LogP contribution in [0.1, 0.15) is 29.0 Å². The van der Waals surface area contributed by atoms with Crippen LogP contribution in [-0.4, -0.2) is 0 Å². The summed E-state index contributed by atoms with van der Waals surface area (Å²) in [6.45, 7) is 0.780. The van der Waals surface area contributed by atoms with Crippen LogP contribution in [0.25, 0.3) is 6.08 Å². The fourth-order valence-corrected chi connectivity index (χ4v) is 2.61. The maximum atomic E-state index is 8.99. The van der Waals surface area contributed by atoms with Crippen molar-refractivity contribution in [3.63, 3.8) is 0 Å². The molecule has 1 unspecified atom stereocenters. The van der Waals surface area contributed by atoms with E-state index in [1.165, 1.54) is 11.1 Å². The van der Waals surface area contributed by atoms with Gasteiger partial charge in [0.05, 0.1) is 6.07 Å². The van der Waals surface area contributed by atoms with Gasteiger partial charge < -0.3 is 11.1 Å². The molecule has 0 radical (unpaired) electrons. The van der Waals surface area contributed by atoms with Crippen LogP contribution in [0.4, 0.5) is 5.69 Å². The maximum absolute atomic E-state index is 8.99. The van der Waals surface area contributed by atoms with E-state index in [9.17, 15) is 0 Å². The number of nitrogen functional groups attached to an aromatic ring is 1. The van der Waals surface area contributed by atoms with Gasteiger partial charge in [0.25, 0.3) is 0 Å². The largest absolute Gasteiger partial charge is 0.398 e. The minimum absolute atomic E-state index is 0.246. The third-order valence-electron chi connectivity index (χ3n) is 3.63. The van der Waals surface area contributed by atoms with E-state index in [1.807, 2.05) is 30.5 Å². The van der Waals surface area contributed by atoms with Crippen LogP contribution in [-0.2, 0) is 6.54 Å². The van der Waals surface area contributed by atoms with Gasteiger partial charge in [0.1, 0.15) is 0 Å². The van der Waals surface area contributed by atoms with Crippen molar-refractivity contribution in [3.8, 4) is 6.07 Å². The van der Waals surface area contributed by atoms with Gasteiger partial charge in [-0.1, -0.05) is 18.2 Å². The van der Waals surface area contributed by atoms with Crippen molar-refractivity contribution in [2.75, 3.05) is 5.73 Å². The predicted octanol–water partition coefficient (Wildman–Crippen LogP) is 2.84. The Morgan fingerprint density at radius 3 is 3.05 bits per heavy atom. The summed E-state index contributed by atoms with van der Waals surface area (Å²) in [7, 11) is 0. The molecule has 1 aliphatic carbocycles. The number of hydrogen-bond donors (Lipinski definition) is 2. The molecule has 0 saturated carbocycles. The highest BCUT2D eigenvalue weighted by molar-refractivity contribution is 5.66. The Bertz CT molecular complexity index is 645. The number of nitrogens with two attached hydrogens (primary N) is 1. The second-order valence-electron chi connectivity index (χ2n) is 4.87. The highest BCUT2D eigenvalue weighted by Crippen LogP contribution is 2.32. The van der Waals surface area contributed by atoms with Crippen molar-refractivity contribution < 1.29 is 0 Å². The Balaban J connectivity index is 2.02. The summed E-state index contributed by atoms with van der Waals surface area (Å²) in [5, 5.41) is 12.2. The molecule has 1 heterocycles. The number of fused-ring (bicyclic) bond motifs is 1. The second kappa shape index (κ2) is 4.66. The van der Waals surface area contributed by atoms with Gasteiger partial charge in [-0.15, -0.1) is 0 Å². The highest BCUT2D eigenvalue weighted by atomic mass is 14.8. The SMILES string of the molecule is N#CC1=CC(c2cc(N)c3c(c2)C=CNC3)CC=C1. The van der Waals surface area contributed by atoms with Crippen molar-refractivity contribution in [1.82, 2.24) is 5.32 Å². The van der Waals surface area contributed by atoms with E-state index in [0.717, 1.165) is 29.8 Å². The fourth-order valence-electron chi connectivity index (χ4n) is 2.61. The lowest BCUT2D eigenvalue weighted by Gasteiger charge is -2.20. The van der Waals surface area contributed by atoms with Crippen LogP contribution in [0.2, 0.25) is 0 Å². The lowest BCUT2D eigenvalue weighted by molar-refractivity contribution is 0.834. The van der Waals surface area contributed by atoms with Gasteiger partial charge in [0.2, 0.25) is 0 Å². The smallest absolute Gasteiger partial charge is 0.0988 e. The first-order valence-electron chi connectivity index (χ1n) is 6.38. The molecule has 3 heteroatoms.